The number of hydrogen-bond donors (Lipinski definition) is 4. The van der Waals surface area contributed by atoms with Crippen LogP contribution in [-0.2, 0) is 24.4 Å². The molecule has 1 atom stereocenters. The predicted octanol–water partition coefficient (Wildman–Crippen LogP) is -0.865. The largest absolute Gasteiger partial charge is 0.286 e. The Balaban J connectivity index is 1.85. The second-order valence-corrected chi connectivity index (χ2v) is 7.58. The molecule has 0 spiro atoms. The molecule has 5 N–H and O–H groups in total. The quantitative estimate of drug-likeness (QED) is 0.108. The molecule has 1 aromatic carbocycles. The first kappa shape index (κ1) is 18.1. The molecule has 0 bridgehead atoms. The van der Waals surface area contributed by atoms with Crippen LogP contribution in [0.4, 0.5) is 0 Å². The highest BCUT2D eigenvalue weighted by molar-refractivity contribution is 7.85. The molecule has 8 heteroatoms. The van der Waals surface area contributed by atoms with E-state index in [1.54, 1.807) is 0 Å². The fourth-order valence-electron chi connectivity index (χ4n) is 2.83. The maximum Gasteiger partial charge on any atom is 0.286 e. The van der Waals surface area contributed by atoms with Gasteiger partial charge in [-0.05, 0) is 11.6 Å². The molecule has 0 aliphatic heterocycles. The van der Waals surface area contributed by atoms with E-state index in [4.69, 9.17) is 5.84 Å². The van der Waals surface area contributed by atoms with E-state index in [0.29, 0.717) is 12.3 Å². The van der Waals surface area contributed by atoms with Gasteiger partial charge in [0.25, 0.3) is 12.0 Å². The Hall–Kier alpha value is -2.71. The molecule has 3 rings (SSSR count). The van der Waals surface area contributed by atoms with Gasteiger partial charge in [0, 0.05) is 17.4 Å². The summed E-state index contributed by atoms with van der Waals surface area (Å²) in [4.78, 5) is 0.847. The molecule has 1 unspecified atom stereocenters. The van der Waals surface area contributed by atoms with Gasteiger partial charge in [-0.25, -0.2) is 14.4 Å². The lowest BCUT2D eigenvalue weighted by Crippen LogP contribution is -2.79. The van der Waals surface area contributed by atoms with Crippen molar-refractivity contribution in [3.63, 3.8) is 0 Å². The highest BCUT2D eigenvalue weighted by Crippen LogP contribution is 2.20. The molecular formula is C18H24N6OS+2. The van der Waals surface area contributed by atoms with Gasteiger partial charge in [0.15, 0.2) is 5.69 Å². The third-order valence-corrected chi connectivity index (χ3v) is 5.51. The molecule has 0 amide bonds. The van der Waals surface area contributed by atoms with Gasteiger partial charge in [0.2, 0.25) is 0 Å². The van der Waals surface area contributed by atoms with E-state index in [1.165, 1.54) is 6.34 Å². The summed E-state index contributed by atoms with van der Waals surface area (Å²) in [5.74, 6) is 5.76. The number of pyridine rings is 1. The molecule has 0 saturated carbocycles. The van der Waals surface area contributed by atoms with Crippen LogP contribution < -0.4 is 26.2 Å². The lowest BCUT2D eigenvalue weighted by Gasteiger charge is -2.02. The molecule has 2 heterocycles. The molecule has 0 radical (unpaired) electrons. The molecule has 136 valence electrons. The zero-order valence-corrected chi connectivity index (χ0v) is 15.7. The number of nitrogens with one attached hydrogen (secondary N) is 3. The van der Waals surface area contributed by atoms with E-state index in [-0.39, 0.29) is 0 Å². The van der Waals surface area contributed by atoms with E-state index in [2.05, 4.69) is 51.0 Å². The first-order chi connectivity index (χ1) is 12.6. The van der Waals surface area contributed by atoms with Gasteiger partial charge < -0.3 is 0 Å². The molecule has 3 aromatic rings. The van der Waals surface area contributed by atoms with Crippen LogP contribution in [0, 0.1) is 0 Å². The summed E-state index contributed by atoms with van der Waals surface area (Å²) in [5, 5.41) is 2.40. The normalized spacial score (nSPS) is 12.7. The third kappa shape index (κ3) is 3.76. The molecule has 0 aliphatic rings. The van der Waals surface area contributed by atoms with Gasteiger partial charge in [-0.2, -0.15) is 10.5 Å². The predicted molar refractivity (Wildman–Crippen MR) is 102 cm³/mol. The van der Waals surface area contributed by atoms with Crippen molar-refractivity contribution in [1.82, 2.24) is 15.4 Å². The summed E-state index contributed by atoms with van der Waals surface area (Å²) in [6, 6.07) is 12.3. The zero-order valence-electron chi connectivity index (χ0n) is 14.9. The number of nitrogens with zero attached hydrogens (tertiary/aromatic N) is 2. The number of nitrogens with two attached hydrogens (primary N) is 1. The molecule has 2 aromatic heterocycles. The van der Waals surface area contributed by atoms with Gasteiger partial charge in [0.1, 0.15) is 12.4 Å². The highest BCUT2D eigenvalue weighted by Gasteiger charge is 2.17. The van der Waals surface area contributed by atoms with Crippen molar-refractivity contribution < 1.29 is 13.7 Å². The van der Waals surface area contributed by atoms with Crippen molar-refractivity contribution in [1.29, 1.82) is 0 Å². The maximum absolute atomic E-state index is 12.1. The minimum Gasteiger partial charge on any atom is -0.276 e. The highest BCUT2D eigenvalue weighted by atomic mass is 32.2. The van der Waals surface area contributed by atoms with E-state index in [1.807, 2.05) is 36.7 Å². The number of benzene rings is 1. The minimum absolute atomic E-state index is 0.620. The van der Waals surface area contributed by atoms with E-state index >= 15 is 0 Å². The number of imidazole rings is 1. The van der Waals surface area contributed by atoms with Crippen LogP contribution in [0.25, 0.3) is 16.9 Å². The van der Waals surface area contributed by atoms with Crippen molar-refractivity contribution in [3.8, 4) is 11.3 Å². The molecule has 26 heavy (non-hydrogen) atoms. The van der Waals surface area contributed by atoms with Crippen molar-refractivity contribution in [2.75, 3.05) is 5.75 Å². The summed E-state index contributed by atoms with van der Waals surface area (Å²) in [6.45, 7) is 2.60. The van der Waals surface area contributed by atoms with Crippen LogP contribution in [0.15, 0.2) is 53.7 Å². The summed E-state index contributed by atoms with van der Waals surface area (Å²) in [7, 11) is 1.08. The summed E-state index contributed by atoms with van der Waals surface area (Å²) in [6.07, 6.45) is 5.54. The monoisotopic (exact) mass is 372 g/mol. The first-order valence-corrected chi connectivity index (χ1v) is 9.70. The fraction of sp³-hybridized carbons (Fsp3) is 0.222. The maximum atomic E-state index is 12.1. The first-order valence-electron chi connectivity index (χ1n) is 8.38. The zero-order chi connectivity index (χ0) is 18.5. The van der Waals surface area contributed by atoms with Gasteiger partial charge in [-0.3, -0.25) is 10.1 Å². The number of hydrazone groups is 1. The second kappa shape index (κ2) is 8.11. The van der Waals surface area contributed by atoms with Crippen LogP contribution >= 0.6 is 0 Å². The SMILES string of the molecule is CCS(=O)c1ccc2n(C)c(-c3ccc(CNNC=[NH+]N)cc3)c[n+]2c1. The topological polar surface area (TPSA) is 90.1 Å². The van der Waals surface area contributed by atoms with Crippen LogP contribution in [0.1, 0.15) is 12.5 Å². The Morgan fingerprint density at radius 2 is 2.00 bits per heavy atom. The van der Waals surface area contributed by atoms with Crippen molar-refractivity contribution in [3.05, 3.63) is 54.4 Å². The Labute approximate surface area is 155 Å². The summed E-state index contributed by atoms with van der Waals surface area (Å²) < 4.78 is 16.2. The number of aryl methyl sites for hydroxylation is 1. The van der Waals surface area contributed by atoms with Crippen LogP contribution in [0.3, 0.4) is 0 Å². The lowest BCUT2D eigenvalue weighted by molar-refractivity contribution is -0.512. The average molecular weight is 372 g/mol. The van der Waals surface area contributed by atoms with Crippen molar-refractivity contribution in [2.45, 2.75) is 18.4 Å². The van der Waals surface area contributed by atoms with E-state index in [9.17, 15) is 4.21 Å². The smallest absolute Gasteiger partial charge is 0.276 e. The summed E-state index contributed by atoms with van der Waals surface area (Å²) in [5.41, 5.74) is 10.3. The number of aromatic nitrogens is 2. The van der Waals surface area contributed by atoms with E-state index in [0.717, 1.165) is 27.4 Å². The fourth-order valence-corrected chi connectivity index (χ4v) is 3.61. The Morgan fingerprint density at radius 1 is 1.23 bits per heavy atom. The third-order valence-electron chi connectivity index (χ3n) is 4.22. The van der Waals surface area contributed by atoms with Crippen LogP contribution in [0.2, 0.25) is 0 Å². The summed E-state index contributed by atoms with van der Waals surface area (Å²) >= 11 is 0. The number of hydrogen-bond acceptors (Lipinski definition) is 3. The Bertz CT molecular complexity index is 948. The van der Waals surface area contributed by atoms with Crippen LogP contribution in [-0.4, -0.2) is 20.9 Å². The van der Waals surface area contributed by atoms with Gasteiger partial charge >= 0.3 is 0 Å². The van der Waals surface area contributed by atoms with Gasteiger partial charge in [-0.15, -0.1) is 0 Å². The van der Waals surface area contributed by atoms with Crippen molar-refractivity contribution in [2.24, 2.45) is 12.9 Å². The lowest BCUT2D eigenvalue weighted by atomic mass is 10.1. The van der Waals surface area contributed by atoms with E-state index < -0.39 is 10.8 Å². The molecule has 7 nitrogen and oxygen atoms in total. The molecule has 0 aliphatic carbocycles. The van der Waals surface area contributed by atoms with Crippen molar-refractivity contribution >= 4 is 22.8 Å². The standard InChI is InChI=1S/C18H23N6OS/c1-3-26(25)16-8-9-18-23(2)17(12-24(18)11-16)15-6-4-14(5-7-15)10-21-22-13-20-19/h4-9,11-13,21H,3,10,19H2,1-2H3,(H,20,22)/q+1/p+1. The van der Waals surface area contributed by atoms with Gasteiger partial charge in [-0.1, -0.05) is 31.2 Å². The average Bonchev–Trinajstić information content (AvgIpc) is 3.01. The second-order valence-electron chi connectivity index (χ2n) is 5.84. The molecular weight excluding hydrogens is 348 g/mol. The van der Waals surface area contributed by atoms with Crippen LogP contribution in [0.5, 0.6) is 0 Å². The van der Waals surface area contributed by atoms with Gasteiger partial charge in [0.05, 0.1) is 29.3 Å². The molecule has 0 fully saturated rings. The number of rotatable bonds is 7. The number of fused-ring (bicyclic) bond motifs is 1. The number of hydrazine groups is 2. The Kier molecular flexibility index (Phi) is 5.65. The minimum atomic E-state index is -0.954. The molecule has 0 saturated heterocycles. The Morgan fingerprint density at radius 3 is 2.69 bits per heavy atom.